The summed E-state index contributed by atoms with van der Waals surface area (Å²) in [5.74, 6) is 0. The molecule has 0 bridgehead atoms. The van der Waals surface area contributed by atoms with Gasteiger partial charge in [-0.3, -0.25) is 4.68 Å². The van der Waals surface area contributed by atoms with Crippen molar-refractivity contribution in [2.45, 2.75) is 45.8 Å². The number of nitrogens with one attached hydrogen (secondary N) is 1. The van der Waals surface area contributed by atoms with Crippen LogP contribution in [-0.2, 0) is 12.1 Å². The van der Waals surface area contributed by atoms with E-state index in [0.29, 0.717) is 6.04 Å². The van der Waals surface area contributed by atoms with Crippen molar-refractivity contribution < 1.29 is 0 Å². The van der Waals surface area contributed by atoms with E-state index in [4.69, 9.17) is 0 Å². The van der Waals surface area contributed by atoms with E-state index in [1.807, 2.05) is 16.9 Å². The molecule has 0 spiro atoms. The first-order valence-electron chi connectivity index (χ1n) is 6.79. The van der Waals surface area contributed by atoms with Gasteiger partial charge in [0.25, 0.3) is 0 Å². The topological polar surface area (TPSA) is 29.9 Å². The Hall–Kier alpha value is -1.61. The summed E-state index contributed by atoms with van der Waals surface area (Å²) in [5.41, 5.74) is 2.58. The van der Waals surface area contributed by atoms with Gasteiger partial charge in [0.15, 0.2) is 0 Å². The van der Waals surface area contributed by atoms with Crippen molar-refractivity contribution in [3.8, 4) is 0 Å². The molecule has 0 unspecified atom stereocenters. The fraction of sp³-hybridized carbons (Fsp3) is 0.438. The highest BCUT2D eigenvalue weighted by Gasteiger charge is 2.14. The molecular weight excluding hydrogens is 234 g/mol. The number of nitrogens with zero attached hydrogens (tertiary/aromatic N) is 2. The standard InChI is InChI=1S/C16H23N3/c1-13(15-8-6-5-7-9-15)17-10-14-11-18-19(12-14)16(2,3)4/h5-9,11-13,17H,10H2,1-4H3/t13-/m1/s1. The third kappa shape index (κ3) is 3.67. The molecule has 0 aliphatic heterocycles. The molecule has 2 rings (SSSR count). The fourth-order valence-corrected chi connectivity index (χ4v) is 1.95. The Labute approximate surface area is 115 Å². The van der Waals surface area contributed by atoms with Crippen molar-refractivity contribution in [2.75, 3.05) is 0 Å². The van der Waals surface area contributed by atoms with Gasteiger partial charge in [-0.2, -0.15) is 5.10 Å². The zero-order valence-corrected chi connectivity index (χ0v) is 12.2. The Morgan fingerprint density at radius 2 is 1.89 bits per heavy atom. The van der Waals surface area contributed by atoms with Crippen LogP contribution in [0.5, 0.6) is 0 Å². The summed E-state index contributed by atoms with van der Waals surface area (Å²) in [5, 5.41) is 7.94. The smallest absolute Gasteiger partial charge is 0.0543 e. The molecule has 3 nitrogen and oxygen atoms in total. The van der Waals surface area contributed by atoms with Crippen molar-refractivity contribution in [3.05, 3.63) is 53.9 Å². The minimum atomic E-state index is 0.0449. The van der Waals surface area contributed by atoms with Gasteiger partial charge in [0.05, 0.1) is 11.7 Å². The normalized spacial score (nSPS) is 13.5. The van der Waals surface area contributed by atoms with E-state index in [1.54, 1.807) is 0 Å². The molecule has 0 aliphatic carbocycles. The van der Waals surface area contributed by atoms with Gasteiger partial charge in [0.1, 0.15) is 0 Å². The van der Waals surface area contributed by atoms with Gasteiger partial charge in [-0.25, -0.2) is 0 Å². The Balaban J connectivity index is 1.94. The van der Waals surface area contributed by atoms with Crippen molar-refractivity contribution in [1.82, 2.24) is 15.1 Å². The average molecular weight is 257 g/mol. The van der Waals surface area contributed by atoms with Gasteiger partial charge in [-0.15, -0.1) is 0 Å². The summed E-state index contributed by atoms with van der Waals surface area (Å²) in [6.07, 6.45) is 4.06. The van der Waals surface area contributed by atoms with E-state index in [2.05, 4.69) is 68.6 Å². The third-order valence-corrected chi connectivity index (χ3v) is 3.24. The molecule has 3 heteroatoms. The second-order valence-corrected chi connectivity index (χ2v) is 5.98. The summed E-state index contributed by atoms with van der Waals surface area (Å²) >= 11 is 0. The predicted octanol–water partition coefficient (Wildman–Crippen LogP) is 3.49. The first-order valence-corrected chi connectivity index (χ1v) is 6.79. The Bertz CT molecular complexity index is 508. The SMILES string of the molecule is C[C@@H](NCc1cnn(C(C)(C)C)c1)c1ccccc1. The first kappa shape index (κ1) is 13.8. The Morgan fingerprint density at radius 3 is 2.47 bits per heavy atom. The van der Waals surface area contributed by atoms with Crippen LogP contribution in [0.25, 0.3) is 0 Å². The van der Waals surface area contributed by atoms with Crippen LogP contribution in [0.4, 0.5) is 0 Å². The van der Waals surface area contributed by atoms with Crippen LogP contribution in [0.2, 0.25) is 0 Å². The first-order chi connectivity index (χ1) is 8.97. The van der Waals surface area contributed by atoms with Crippen LogP contribution in [0.15, 0.2) is 42.7 Å². The average Bonchev–Trinajstić information content (AvgIpc) is 2.86. The molecule has 0 fully saturated rings. The van der Waals surface area contributed by atoms with Crippen molar-refractivity contribution in [1.29, 1.82) is 0 Å². The molecule has 102 valence electrons. The largest absolute Gasteiger partial charge is 0.306 e. The summed E-state index contributed by atoms with van der Waals surface area (Å²) in [4.78, 5) is 0. The van der Waals surface area contributed by atoms with E-state index >= 15 is 0 Å². The molecule has 1 atom stereocenters. The molecule has 2 aromatic rings. The van der Waals surface area contributed by atoms with Crippen LogP contribution < -0.4 is 5.32 Å². The summed E-state index contributed by atoms with van der Waals surface area (Å²) in [7, 11) is 0. The van der Waals surface area contributed by atoms with Gasteiger partial charge < -0.3 is 5.32 Å². The van der Waals surface area contributed by atoms with E-state index in [-0.39, 0.29) is 5.54 Å². The highest BCUT2D eigenvalue weighted by Crippen LogP contribution is 2.15. The van der Waals surface area contributed by atoms with E-state index in [1.165, 1.54) is 11.1 Å². The van der Waals surface area contributed by atoms with Crippen molar-refractivity contribution in [2.24, 2.45) is 0 Å². The van der Waals surface area contributed by atoms with Gasteiger partial charge in [0.2, 0.25) is 0 Å². The Morgan fingerprint density at radius 1 is 1.21 bits per heavy atom. The maximum atomic E-state index is 4.41. The lowest BCUT2D eigenvalue weighted by atomic mass is 10.1. The molecule has 1 aromatic carbocycles. The fourth-order valence-electron chi connectivity index (χ4n) is 1.95. The summed E-state index contributed by atoms with van der Waals surface area (Å²) in [6, 6.07) is 10.8. The summed E-state index contributed by atoms with van der Waals surface area (Å²) < 4.78 is 2.01. The molecule has 0 radical (unpaired) electrons. The second kappa shape index (κ2) is 5.57. The molecule has 0 saturated heterocycles. The lowest BCUT2D eigenvalue weighted by molar-refractivity contribution is 0.355. The number of rotatable bonds is 4. The van der Waals surface area contributed by atoms with Crippen LogP contribution in [0, 0.1) is 0 Å². The van der Waals surface area contributed by atoms with Crippen molar-refractivity contribution in [3.63, 3.8) is 0 Å². The van der Waals surface area contributed by atoms with E-state index in [0.717, 1.165) is 6.54 Å². The zero-order chi connectivity index (χ0) is 13.9. The van der Waals surface area contributed by atoms with Crippen LogP contribution in [0.1, 0.15) is 44.9 Å². The molecule has 0 amide bonds. The lowest BCUT2D eigenvalue weighted by Crippen LogP contribution is -2.22. The van der Waals surface area contributed by atoms with Crippen LogP contribution in [0.3, 0.4) is 0 Å². The number of hydrogen-bond acceptors (Lipinski definition) is 2. The zero-order valence-electron chi connectivity index (χ0n) is 12.2. The molecule has 1 aromatic heterocycles. The van der Waals surface area contributed by atoms with Gasteiger partial charge >= 0.3 is 0 Å². The van der Waals surface area contributed by atoms with Gasteiger partial charge in [0, 0.05) is 24.3 Å². The molecule has 0 aliphatic rings. The number of aromatic nitrogens is 2. The van der Waals surface area contributed by atoms with Crippen LogP contribution >= 0.6 is 0 Å². The van der Waals surface area contributed by atoms with Gasteiger partial charge in [-0.1, -0.05) is 30.3 Å². The van der Waals surface area contributed by atoms with E-state index < -0.39 is 0 Å². The van der Waals surface area contributed by atoms with Gasteiger partial charge in [-0.05, 0) is 33.3 Å². The molecule has 1 heterocycles. The number of hydrogen-bond donors (Lipinski definition) is 1. The Kier molecular flexibility index (Phi) is 4.05. The monoisotopic (exact) mass is 257 g/mol. The minimum absolute atomic E-state index is 0.0449. The van der Waals surface area contributed by atoms with E-state index in [9.17, 15) is 0 Å². The summed E-state index contributed by atoms with van der Waals surface area (Å²) in [6.45, 7) is 9.49. The third-order valence-electron chi connectivity index (χ3n) is 3.24. The molecule has 0 saturated carbocycles. The second-order valence-electron chi connectivity index (χ2n) is 5.98. The number of benzene rings is 1. The lowest BCUT2D eigenvalue weighted by Gasteiger charge is -2.18. The predicted molar refractivity (Wildman–Crippen MR) is 78.9 cm³/mol. The highest BCUT2D eigenvalue weighted by molar-refractivity contribution is 5.18. The molecular formula is C16H23N3. The molecule has 19 heavy (non-hydrogen) atoms. The van der Waals surface area contributed by atoms with Crippen molar-refractivity contribution >= 4 is 0 Å². The minimum Gasteiger partial charge on any atom is -0.306 e. The molecule has 1 N–H and O–H groups in total. The highest BCUT2D eigenvalue weighted by atomic mass is 15.3. The maximum Gasteiger partial charge on any atom is 0.0543 e. The quantitative estimate of drug-likeness (QED) is 0.908. The van der Waals surface area contributed by atoms with Crippen LogP contribution in [-0.4, -0.2) is 9.78 Å². The maximum absolute atomic E-state index is 4.41.